The van der Waals surface area contributed by atoms with E-state index in [0.717, 1.165) is 18.3 Å². The minimum absolute atomic E-state index is 0.263. The number of methoxy groups -OCH3 is 1. The van der Waals surface area contributed by atoms with E-state index in [1.165, 1.54) is 7.11 Å². The zero-order valence-electron chi connectivity index (χ0n) is 16.1. The van der Waals surface area contributed by atoms with Gasteiger partial charge in [0.1, 0.15) is 18.0 Å². The molecule has 1 aromatic carbocycles. The van der Waals surface area contributed by atoms with Crippen LogP contribution in [0.15, 0.2) is 18.2 Å². The second kappa shape index (κ2) is 6.94. The molecule has 0 bridgehead atoms. The van der Waals surface area contributed by atoms with E-state index < -0.39 is 17.1 Å². The van der Waals surface area contributed by atoms with Gasteiger partial charge in [-0.1, -0.05) is 29.3 Å². The number of aldehydes is 1. The molecule has 3 unspecified atom stereocenters. The molecule has 0 N–H and O–H groups in total. The van der Waals surface area contributed by atoms with Crippen molar-refractivity contribution < 1.29 is 19.1 Å². The Labute approximate surface area is 169 Å². The van der Waals surface area contributed by atoms with Crippen LogP contribution in [-0.4, -0.2) is 49.2 Å². The fourth-order valence-electron chi connectivity index (χ4n) is 4.47. The standard InChI is InChI=1S/C20H25Cl2NO4/c1-18(2,3)27-17(25)23-8-7-19(13-5-6-14(21)15(22)9-13)11-20(19,12-23)16(10-24)26-4/h5-6,9-10,16H,7-8,11-12H2,1-4H3. The molecule has 3 rings (SSSR count). The minimum atomic E-state index is -0.614. The molecule has 1 amide bonds. The molecule has 1 heterocycles. The van der Waals surface area contributed by atoms with E-state index in [2.05, 4.69) is 0 Å². The van der Waals surface area contributed by atoms with Crippen LogP contribution >= 0.6 is 23.2 Å². The van der Waals surface area contributed by atoms with E-state index in [0.29, 0.717) is 29.6 Å². The van der Waals surface area contributed by atoms with E-state index in [1.807, 2.05) is 32.9 Å². The van der Waals surface area contributed by atoms with Crippen LogP contribution in [0.3, 0.4) is 0 Å². The highest BCUT2D eigenvalue weighted by Gasteiger charge is 2.73. The van der Waals surface area contributed by atoms with Gasteiger partial charge in [-0.3, -0.25) is 0 Å². The first-order chi connectivity index (χ1) is 12.6. The van der Waals surface area contributed by atoms with Crippen molar-refractivity contribution in [3.63, 3.8) is 0 Å². The zero-order chi connectivity index (χ0) is 20.0. The van der Waals surface area contributed by atoms with E-state index in [-0.39, 0.29) is 11.5 Å². The van der Waals surface area contributed by atoms with Crippen molar-refractivity contribution in [1.82, 2.24) is 4.90 Å². The maximum Gasteiger partial charge on any atom is 0.410 e. The summed E-state index contributed by atoms with van der Waals surface area (Å²) in [7, 11) is 1.53. The number of fused-ring (bicyclic) bond motifs is 1. The number of halogens is 2. The van der Waals surface area contributed by atoms with Crippen LogP contribution in [0.2, 0.25) is 10.0 Å². The van der Waals surface area contributed by atoms with Gasteiger partial charge < -0.3 is 19.2 Å². The van der Waals surface area contributed by atoms with Gasteiger partial charge >= 0.3 is 6.09 Å². The molecule has 27 heavy (non-hydrogen) atoms. The molecule has 0 radical (unpaired) electrons. The van der Waals surface area contributed by atoms with Crippen LogP contribution in [0.4, 0.5) is 4.79 Å². The topological polar surface area (TPSA) is 55.8 Å². The Morgan fingerprint density at radius 3 is 2.56 bits per heavy atom. The zero-order valence-corrected chi connectivity index (χ0v) is 17.6. The highest BCUT2D eigenvalue weighted by molar-refractivity contribution is 6.42. The Morgan fingerprint density at radius 1 is 1.30 bits per heavy atom. The summed E-state index contributed by atoms with van der Waals surface area (Å²) < 4.78 is 11.0. The summed E-state index contributed by atoms with van der Waals surface area (Å²) in [5, 5.41) is 0.979. The molecular weight excluding hydrogens is 389 g/mol. The molecule has 2 aliphatic rings. The van der Waals surface area contributed by atoms with Gasteiger partial charge in [-0.15, -0.1) is 0 Å². The van der Waals surface area contributed by atoms with Crippen LogP contribution in [0.1, 0.15) is 39.2 Å². The summed E-state index contributed by atoms with van der Waals surface area (Å²) in [5.74, 6) is 0. The number of hydrogen-bond donors (Lipinski definition) is 0. The number of carbonyl (C=O) groups excluding carboxylic acids is 2. The Kier molecular flexibility index (Phi) is 5.26. The number of likely N-dealkylation sites (tertiary alicyclic amines) is 1. The predicted octanol–water partition coefficient (Wildman–Crippen LogP) is 4.48. The van der Waals surface area contributed by atoms with Gasteiger partial charge in [0.2, 0.25) is 0 Å². The van der Waals surface area contributed by atoms with Crippen molar-refractivity contribution >= 4 is 35.6 Å². The Hall–Kier alpha value is -1.30. The normalized spacial score (nSPS) is 28.3. The highest BCUT2D eigenvalue weighted by Crippen LogP contribution is 2.71. The average molecular weight is 414 g/mol. The lowest BCUT2D eigenvalue weighted by atomic mass is 9.77. The third-order valence-electron chi connectivity index (χ3n) is 5.77. The SMILES string of the molecule is COC(C=O)C12CN(C(=O)OC(C)(C)C)CCC1(c1ccc(Cl)c(Cl)c1)C2. The molecule has 3 atom stereocenters. The molecule has 1 saturated carbocycles. The van der Waals surface area contributed by atoms with Crippen molar-refractivity contribution in [3.05, 3.63) is 33.8 Å². The molecule has 1 aliphatic heterocycles. The van der Waals surface area contributed by atoms with Crippen molar-refractivity contribution in [3.8, 4) is 0 Å². The maximum atomic E-state index is 12.6. The fraction of sp³-hybridized carbons (Fsp3) is 0.600. The summed E-state index contributed by atoms with van der Waals surface area (Å²) in [5.41, 5.74) is -0.293. The van der Waals surface area contributed by atoms with Crippen LogP contribution in [0.5, 0.6) is 0 Å². The van der Waals surface area contributed by atoms with E-state index in [4.69, 9.17) is 32.7 Å². The van der Waals surface area contributed by atoms with Crippen LogP contribution < -0.4 is 0 Å². The van der Waals surface area contributed by atoms with Gasteiger partial charge in [-0.25, -0.2) is 4.79 Å². The molecule has 1 aromatic rings. The van der Waals surface area contributed by atoms with Crippen molar-refractivity contribution in [2.24, 2.45) is 5.41 Å². The number of piperidine rings is 1. The number of ether oxygens (including phenoxy) is 2. The number of hydrogen-bond acceptors (Lipinski definition) is 4. The number of benzene rings is 1. The van der Waals surface area contributed by atoms with Gasteiger partial charge in [0.15, 0.2) is 0 Å². The van der Waals surface area contributed by atoms with Crippen molar-refractivity contribution in [2.45, 2.75) is 50.7 Å². The Balaban J connectivity index is 1.93. The lowest BCUT2D eigenvalue weighted by molar-refractivity contribution is -0.122. The summed E-state index contributed by atoms with van der Waals surface area (Å²) in [6.07, 6.45) is 1.30. The Morgan fingerprint density at radius 2 is 2.00 bits per heavy atom. The molecule has 148 valence electrons. The number of nitrogens with zero attached hydrogens (tertiary/aromatic N) is 1. The first-order valence-electron chi connectivity index (χ1n) is 9.00. The predicted molar refractivity (Wildman–Crippen MR) is 104 cm³/mol. The first-order valence-corrected chi connectivity index (χ1v) is 9.76. The first kappa shape index (κ1) is 20.4. The van der Waals surface area contributed by atoms with Crippen LogP contribution in [0.25, 0.3) is 0 Å². The molecule has 2 fully saturated rings. The average Bonchev–Trinajstić information content (AvgIpc) is 3.27. The lowest BCUT2D eigenvalue weighted by Crippen LogP contribution is -2.51. The molecule has 0 spiro atoms. The second-order valence-electron chi connectivity index (χ2n) is 8.49. The van der Waals surface area contributed by atoms with E-state index in [1.54, 1.807) is 11.0 Å². The molecule has 7 heteroatoms. The van der Waals surface area contributed by atoms with Gasteiger partial charge in [0, 0.05) is 31.0 Å². The smallest absolute Gasteiger partial charge is 0.410 e. The molecule has 1 saturated heterocycles. The number of amides is 1. The van der Waals surface area contributed by atoms with Crippen LogP contribution in [0, 0.1) is 5.41 Å². The summed E-state index contributed by atoms with van der Waals surface area (Å²) in [6.45, 7) is 6.47. The van der Waals surface area contributed by atoms with Gasteiger partial charge in [-0.05, 0) is 51.3 Å². The maximum absolute atomic E-state index is 12.6. The third-order valence-corrected chi connectivity index (χ3v) is 6.51. The molecular formula is C20H25Cl2NO4. The van der Waals surface area contributed by atoms with Gasteiger partial charge in [0.25, 0.3) is 0 Å². The van der Waals surface area contributed by atoms with Crippen molar-refractivity contribution in [1.29, 1.82) is 0 Å². The summed E-state index contributed by atoms with van der Waals surface area (Å²) >= 11 is 12.3. The number of carbonyl (C=O) groups is 2. The largest absolute Gasteiger partial charge is 0.444 e. The highest BCUT2D eigenvalue weighted by atomic mass is 35.5. The summed E-state index contributed by atoms with van der Waals surface area (Å²) in [6, 6.07) is 5.60. The van der Waals surface area contributed by atoms with Gasteiger partial charge in [0.05, 0.1) is 10.0 Å². The molecule has 0 aromatic heterocycles. The van der Waals surface area contributed by atoms with Crippen LogP contribution in [-0.2, 0) is 19.7 Å². The van der Waals surface area contributed by atoms with Crippen molar-refractivity contribution in [2.75, 3.05) is 20.2 Å². The minimum Gasteiger partial charge on any atom is -0.444 e. The monoisotopic (exact) mass is 413 g/mol. The quantitative estimate of drug-likeness (QED) is 0.682. The van der Waals surface area contributed by atoms with E-state index in [9.17, 15) is 9.59 Å². The number of rotatable bonds is 4. The second-order valence-corrected chi connectivity index (χ2v) is 9.30. The summed E-state index contributed by atoms with van der Waals surface area (Å²) in [4.78, 5) is 26.0. The Bertz CT molecular complexity index is 763. The lowest BCUT2D eigenvalue weighted by Gasteiger charge is -2.40. The van der Waals surface area contributed by atoms with Gasteiger partial charge in [-0.2, -0.15) is 0 Å². The third kappa shape index (κ3) is 3.45. The molecule has 1 aliphatic carbocycles. The fourth-order valence-corrected chi connectivity index (χ4v) is 4.77. The molecule has 5 nitrogen and oxygen atoms in total. The van der Waals surface area contributed by atoms with E-state index >= 15 is 0 Å².